The third-order valence-electron chi connectivity index (χ3n) is 1.83. The van der Waals surface area contributed by atoms with E-state index in [1.807, 2.05) is 20.8 Å². The van der Waals surface area contributed by atoms with Gasteiger partial charge in [0.05, 0.1) is 24.3 Å². The zero-order chi connectivity index (χ0) is 14.5. The molecule has 19 heavy (non-hydrogen) atoms. The first-order valence-corrected chi connectivity index (χ1v) is 6.78. The van der Waals surface area contributed by atoms with Crippen LogP contribution in [0.1, 0.15) is 43.2 Å². The molecule has 1 N–H and O–H groups in total. The molecule has 106 valence electrons. The molecule has 0 saturated carbocycles. The van der Waals surface area contributed by atoms with Gasteiger partial charge in [0.2, 0.25) is 0 Å². The molecule has 0 aliphatic heterocycles. The van der Waals surface area contributed by atoms with E-state index in [0.717, 1.165) is 11.3 Å². The van der Waals surface area contributed by atoms with Gasteiger partial charge in [0.15, 0.2) is 5.01 Å². The van der Waals surface area contributed by atoms with Crippen LogP contribution in [-0.2, 0) is 20.8 Å². The van der Waals surface area contributed by atoms with Crippen LogP contribution in [-0.4, -0.2) is 29.1 Å². The summed E-state index contributed by atoms with van der Waals surface area (Å²) in [6.45, 7) is 7.53. The Balaban J connectivity index is 2.54. The molecule has 1 heterocycles. The Labute approximate surface area is 116 Å². The number of ether oxygens (including phenoxy) is 1. The minimum atomic E-state index is -0.472. The molecule has 1 rings (SSSR count). The van der Waals surface area contributed by atoms with Crippen molar-refractivity contribution in [2.45, 2.75) is 39.7 Å². The van der Waals surface area contributed by atoms with Gasteiger partial charge in [-0.1, -0.05) is 0 Å². The predicted molar refractivity (Wildman–Crippen MR) is 70.8 cm³/mol. The first kappa shape index (κ1) is 15.6. The van der Waals surface area contributed by atoms with Crippen molar-refractivity contribution in [1.82, 2.24) is 10.5 Å². The highest BCUT2D eigenvalue weighted by molar-refractivity contribution is 7.11. The maximum absolute atomic E-state index is 11.7. The normalized spacial score (nSPS) is 11.2. The molecule has 6 nitrogen and oxygen atoms in total. The quantitative estimate of drug-likeness (QED) is 0.658. The molecule has 1 aromatic heterocycles. The number of esters is 1. The second kappa shape index (κ2) is 6.63. The van der Waals surface area contributed by atoms with Crippen molar-refractivity contribution in [3.05, 3.63) is 16.1 Å². The van der Waals surface area contributed by atoms with Crippen LogP contribution in [0.25, 0.3) is 0 Å². The monoisotopic (exact) mass is 286 g/mol. The van der Waals surface area contributed by atoms with Crippen LogP contribution in [0.15, 0.2) is 5.38 Å². The van der Waals surface area contributed by atoms with Crippen LogP contribution in [0.5, 0.6) is 0 Å². The molecule has 0 spiro atoms. The minimum absolute atomic E-state index is 0.0672. The van der Waals surface area contributed by atoms with Crippen molar-refractivity contribution in [2.24, 2.45) is 0 Å². The van der Waals surface area contributed by atoms with Gasteiger partial charge in [0.25, 0.3) is 0 Å². The Hall–Kier alpha value is -1.47. The first-order valence-electron chi connectivity index (χ1n) is 5.90. The average Bonchev–Trinajstić information content (AvgIpc) is 2.73. The number of carbonyl (C=O) groups is 2. The summed E-state index contributed by atoms with van der Waals surface area (Å²) < 4.78 is 4.81. The standard InChI is InChI=1S/C12H18N2O4S/c1-5-17-9(15)6-8-7-19-11(13-8)10(16)14-18-12(2,3)4/h7H,5-6H2,1-4H3,(H,14,16). The molecule has 7 heteroatoms. The van der Waals surface area contributed by atoms with Gasteiger partial charge in [-0.3, -0.25) is 14.4 Å². The van der Waals surface area contributed by atoms with Gasteiger partial charge in [0, 0.05) is 5.38 Å². The summed E-state index contributed by atoms with van der Waals surface area (Å²) in [4.78, 5) is 32.2. The van der Waals surface area contributed by atoms with Crippen LogP contribution in [0.4, 0.5) is 0 Å². The summed E-state index contributed by atoms with van der Waals surface area (Å²) in [5.74, 6) is -0.777. The number of hydrogen-bond donors (Lipinski definition) is 1. The molecular weight excluding hydrogens is 268 g/mol. The van der Waals surface area contributed by atoms with E-state index < -0.39 is 11.5 Å². The summed E-state index contributed by atoms with van der Waals surface area (Å²) in [5, 5.41) is 1.91. The van der Waals surface area contributed by atoms with Crippen LogP contribution in [0.2, 0.25) is 0 Å². The van der Waals surface area contributed by atoms with Crippen molar-refractivity contribution in [2.75, 3.05) is 6.61 Å². The second-order valence-electron chi connectivity index (χ2n) is 4.77. The van der Waals surface area contributed by atoms with Crippen LogP contribution < -0.4 is 5.48 Å². The van der Waals surface area contributed by atoms with Gasteiger partial charge < -0.3 is 4.74 Å². The van der Waals surface area contributed by atoms with Gasteiger partial charge in [-0.25, -0.2) is 10.5 Å². The van der Waals surface area contributed by atoms with Crippen LogP contribution in [0.3, 0.4) is 0 Å². The second-order valence-corrected chi connectivity index (χ2v) is 5.63. The Morgan fingerprint density at radius 2 is 2.11 bits per heavy atom. The maximum Gasteiger partial charge on any atom is 0.311 e. The van der Waals surface area contributed by atoms with Crippen molar-refractivity contribution >= 4 is 23.2 Å². The number of nitrogens with zero attached hydrogens (tertiary/aromatic N) is 1. The Morgan fingerprint density at radius 3 is 2.68 bits per heavy atom. The minimum Gasteiger partial charge on any atom is -0.466 e. The third kappa shape index (κ3) is 5.80. The first-order chi connectivity index (χ1) is 8.81. The average molecular weight is 286 g/mol. The number of carbonyl (C=O) groups excluding carboxylic acids is 2. The molecule has 0 saturated heterocycles. The van der Waals surface area contributed by atoms with Crippen molar-refractivity contribution in [1.29, 1.82) is 0 Å². The number of hydroxylamine groups is 1. The van der Waals surface area contributed by atoms with E-state index >= 15 is 0 Å². The third-order valence-corrected chi connectivity index (χ3v) is 2.72. The fourth-order valence-electron chi connectivity index (χ4n) is 1.10. The predicted octanol–water partition coefficient (Wildman–Crippen LogP) is 1.71. The highest BCUT2D eigenvalue weighted by Gasteiger charge is 2.17. The summed E-state index contributed by atoms with van der Waals surface area (Å²) in [7, 11) is 0. The zero-order valence-corrected chi connectivity index (χ0v) is 12.3. The van der Waals surface area contributed by atoms with E-state index in [9.17, 15) is 9.59 Å². The van der Waals surface area contributed by atoms with E-state index in [-0.39, 0.29) is 17.4 Å². The van der Waals surface area contributed by atoms with Crippen molar-refractivity contribution < 1.29 is 19.2 Å². The molecular formula is C12H18N2O4S. The van der Waals surface area contributed by atoms with Gasteiger partial charge >= 0.3 is 11.9 Å². The molecule has 0 atom stereocenters. The SMILES string of the molecule is CCOC(=O)Cc1csc(C(=O)NOC(C)(C)C)n1. The highest BCUT2D eigenvalue weighted by atomic mass is 32.1. The Bertz CT molecular complexity index is 451. The van der Waals surface area contributed by atoms with E-state index in [1.165, 1.54) is 0 Å². The van der Waals surface area contributed by atoms with Crippen LogP contribution >= 0.6 is 11.3 Å². The van der Waals surface area contributed by atoms with Gasteiger partial charge in [0.1, 0.15) is 0 Å². The summed E-state index contributed by atoms with van der Waals surface area (Å²) in [5.41, 5.74) is 2.37. The van der Waals surface area contributed by atoms with Gasteiger partial charge in [-0.15, -0.1) is 11.3 Å². The van der Waals surface area contributed by atoms with E-state index in [1.54, 1.807) is 12.3 Å². The molecule has 1 amide bonds. The molecule has 0 aliphatic carbocycles. The van der Waals surface area contributed by atoms with Crippen molar-refractivity contribution in [3.8, 4) is 0 Å². The topological polar surface area (TPSA) is 77.5 Å². The molecule has 0 aromatic carbocycles. The molecule has 1 aromatic rings. The van der Waals surface area contributed by atoms with E-state index in [4.69, 9.17) is 9.57 Å². The van der Waals surface area contributed by atoms with Crippen LogP contribution in [0, 0.1) is 0 Å². The number of nitrogens with one attached hydrogen (secondary N) is 1. The number of aromatic nitrogens is 1. The summed E-state index contributed by atoms with van der Waals surface area (Å²) >= 11 is 1.16. The van der Waals surface area contributed by atoms with Crippen molar-refractivity contribution in [3.63, 3.8) is 0 Å². The number of thiazole rings is 1. The zero-order valence-electron chi connectivity index (χ0n) is 11.5. The summed E-state index contributed by atoms with van der Waals surface area (Å²) in [6.07, 6.45) is 0.0672. The van der Waals surface area contributed by atoms with Gasteiger partial charge in [-0.2, -0.15) is 0 Å². The molecule has 0 fully saturated rings. The molecule has 0 bridgehead atoms. The molecule has 0 radical (unpaired) electrons. The summed E-state index contributed by atoms with van der Waals surface area (Å²) in [6, 6.07) is 0. The lowest BCUT2D eigenvalue weighted by Crippen LogP contribution is -2.33. The number of amides is 1. The lowest BCUT2D eigenvalue weighted by atomic mass is 10.2. The maximum atomic E-state index is 11.7. The Morgan fingerprint density at radius 1 is 1.42 bits per heavy atom. The largest absolute Gasteiger partial charge is 0.466 e. The fraction of sp³-hybridized carbons (Fsp3) is 0.583. The van der Waals surface area contributed by atoms with E-state index in [0.29, 0.717) is 12.3 Å². The van der Waals surface area contributed by atoms with E-state index in [2.05, 4.69) is 10.5 Å². The lowest BCUT2D eigenvalue weighted by Gasteiger charge is -2.18. The Kier molecular flexibility index (Phi) is 5.44. The number of rotatable bonds is 5. The van der Waals surface area contributed by atoms with Gasteiger partial charge in [-0.05, 0) is 27.7 Å². The molecule has 0 aliphatic rings. The molecule has 0 unspecified atom stereocenters. The highest BCUT2D eigenvalue weighted by Crippen LogP contribution is 2.12. The lowest BCUT2D eigenvalue weighted by molar-refractivity contribution is -0.142. The number of hydrogen-bond acceptors (Lipinski definition) is 6. The smallest absolute Gasteiger partial charge is 0.311 e. The fourth-order valence-corrected chi connectivity index (χ4v) is 1.80.